The van der Waals surface area contributed by atoms with Crippen molar-refractivity contribution >= 4 is 15.9 Å². The second-order valence-electron chi connectivity index (χ2n) is 6.85. The molecule has 1 aliphatic heterocycles. The number of hydrogen-bond acceptors (Lipinski definition) is 4. The van der Waals surface area contributed by atoms with E-state index in [-0.39, 0.29) is 11.9 Å². The molecular weight excluding hydrogens is 340 g/mol. The van der Waals surface area contributed by atoms with Crippen LogP contribution >= 0.6 is 0 Å². The lowest BCUT2D eigenvalue weighted by atomic mass is 10.1. The Morgan fingerprint density at radius 1 is 1.24 bits per heavy atom. The number of rotatable bonds is 7. The van der Waals surface area contributed by atoms with Crippen LogP contribution < -0.4 is 5.32 Å². The second kappa shape index (κ2) is 7.85. The van der Waals surface area contributed by atoms with Crippen LogP contribution in [0.3, 0.4) is 0 Å². The maximum absolute atomic E-state index is 12.6. The summed E-state index contributed by atoms with van der Waals surface area (Å²) in [7, 11) is -3.45. The van der Waals surface area contributed by atoms with E-state index in [1.54, 1.807) is 24.3 Å². The van der Waals surface area contributed by atoms with Crippen molar-refractivity contribution in [2.75, 3.05) is 26.3 Å². The van der Waals surface area contributed by atoms with Gasteiger partial charge >= 0.3 is 0 Å². The fourth-order valence-corrected chi connectivity index (χ4v) is 4.47. The van der Waals surface area contributed by atoms with Gasteiger partial charge in [-0.3, -0.25) is 4.79 Å². The summed E-state index contributed by atoms with van der Waals surface area (Å²) in [5, 5.41) is 3.04. The van der Waals surface area contributed by atoms with Gasteiger partial charge in [0, 0.05) is 25.6 Å². The molecule has 1 aromatic rings. The summed E-state index contributed by atoms with van der Waals surface area (Å²) < 4.78 is 31.8. The summed E-state index contributed by atoms with van der Waals surface area (Å²) in [6, 6.07) is 7.11. The topological polar surface area (TPSA) is 75.7 Å². The van der Waals surface area contributed by atoms with Crippen LogP contribution in [0.25, 0.3) is 0 Å². The Labute approximate surface area is 149 Å². The van der Waals surface area contributed by atoms with E-state index in [1.807, 2.05) is 0 Å². The van der Waals surface area contributed by atoms with Gasteiger partial charge in [0.25, 0.3) is 0 Å². The highest BCUT2D eigenvalue weighted by atomic mass is 32.2. The Hall–Kier alpha value is -1.44. The molecule has 1 aliphatic carbocycles. The Morgan fingerprint density at radius 3 is 2.48 bits per heavy atom. The van der Waals surface area contributed by atoms with Gasteiger partial charge in [-0.1, -0.05) is 12.1 Å². The van der Waals surface area contributed by atoms with Gasteiger partial charge in [0.15, 0.2) is 0 Å². The molecule has 25 heavy (non-hydrogen) atoms. The highest BCUT2D eigenvalue weighted by molar-refractivity contribution is 7.89. The molecule has 3 rings (SSSR count). The van der Waals surface area contributed by atoms with E-state index in [9.17, 15) is 13.2 Å². The number of sulfonamides is 1. The molecular formula is C18H26N2O4S. The molecule has 0 unspecified atom stereocenters. The number of nitrogens with one attached hydrogen (secondary N) is 1. The van der Waals surface area contributed by atoms with Crippen LogP contribution in [0.1, 0.15) is 31.7 Å². The van der Waals surface area contributed by atoms with Gasteiger partial charge in [-0.05, 0) is 49.8 Å². The largest absolute Gasteiger partial charge is 0.379 e. The van der Waals surface area contributed by atoms with Crippen LogP contribution in [0, 0.1) is 5.92 Å². The van der Waals surface area contributed by atoms with E-state index in [4.69, 9.17) is 4.74 Å². The zero-order chi connectivity index (χ0) is 17.9. The van der Waals surface area contributed by atoms with E-state index in [1.165, 1.54) is 17.1 Å². The van der Waals surface area contributed by atoms with Crippen molar-refractivity contribution < 1.29 is 17.9 Å². The molecule has 138 valence electrons. The van der Waals surface area contributed by atoms with Gasteiger partial charge < -0.3 is 10.1 Å². The quantitative estimate of drug-likeness (QED) is 0.794. The highest BCUT2D eigenvalue weighted by Crippen LogP contribution is 2.32. The second-order valence-corrected chi connectivity index (χ2v) is 8.79. The molecule has 1 saturated carbocycles. The van der Waals surface area contributed by atoms with Gasteiger partial charge in [0.05, 0.1) is 18.1 Å². The molecule has 0 aromatic heterocycles. The predicted octanol–water partition coefficient (Wildman–Crippen LogP) is 1.55. The third-order valence-corrected chi connectivity index (χ3v) is 6.80. The standard InChI is InChI=1S/C18H26N2O4S/c1-14(16-5-6-16)19-18(21)9-4-15-2-7-17(8-3-15)25(22,23)20-10-12-24-13-11-20/h2-3,7-8,14,16H,4-6,9-13H2,1H3,(H,19,21)/t14-/m1/s1. The van der Waals surface area contributed by atoms with Crippen molar-refractivity contribution in [1.29, 1.82) is 0 Å². The van der Waals surface area contributed by atoms with E-state index >= 15 is 0 Å². The predicted molar refractivity (Wildman–Crippen MR) is 94.7 cm³/mol. The summed E-state index contributed by atoms with van der Waals surface area (Å²) >= 11 is 0. The minimum absolute atomic E-state index is 0.0596. The van der Waals surface area contributed by atoms with Gasteiger partial charge in [-0.25, -0.2) is 8.42 Å². The summed E-state index contributed by atoms with van der Waals surface area (Å²) in [6.07, 6.45) is 3.45. The Morgan fingerprint density at radius 2 is 1.88 bits per heavy atom. The molecule has 1 N–H and O–H groups in total. The molecule has 1 saturated heterocycles. The van der Waals surface area contributed by atoms with Crippen molar-refractivity contribution in [3.05, 3.63) is 29.8 Å². The number of benzene rings is 1. The minimum atomic E-state index is -3.45. The maximum atomic E-state index is 12.6. The Kier molecular flexibility index (Phi) is 5.76. The lowest BCUT2D eigenvalue weighted by Gasteiger charge is -2.26. The number of nitrogens with zero attached hydrogens (tertiary/aromatic N) is 1. The molecule has 0 bridgehead atoms. The number of amides is 1. The van der Waals surface area contributed by atoms with Crippen LogP contribution in [-0.4, -0.2) is 51.0 Å². The normalized spacial score (nSPS) is 20.2. The van der Waals surface area contributed by atoms with Gasteiger partial charge in [-0.2, -0.15) is 4.31 Å². The van der Waals surface area contributed by atoms with E-state index in [0.29, 0.717) is 50.0 Å². The van der Waals surface area contributed by atoms with Crippen LogP contribution in [0.15, 0.2) is 29.2 Å². The number of hydrogen-bond donors (Lipinski definition) is 1. The SMILES string of the molecule is C[C@@H](NC(=O)CCc1ccc(S(=O)(=O)N2CCOCC2)cc1)C1CC1. The van der Waals surface area contributed by atoms with E-state index in [0.717, 1.165) is 5.56 Å². The summed E-state index contributed by atoms with van der Waals surface area (Å²) in [4.78, 5) is 12.3. The maximum Gasteiger partial charge on any atom is 0.243 e. The van der Waals surface area contributed by atoms with Gasteiger partial charge in [0.2, 0.25) is 15.9 Å². The number of ether oxygens (including phenoxy) is 1. The van der Waals surface area contributed by atoms with E-state index in [2.05, 4.69) is 12.2 Å². The lowest BCUT2D eigenvalue weighted by molar-refractivity contribution is -0.121. The van der Waals surface area contributed by atoms with Crippen LogP contribution in [0.5, 0.6) is 0 Å². The molecule has 0 radical (unpaired) electrons. The molecule has 1 aromatic carbocycles. The molecule has 7 heteroatoms. The molecule has 6 nitrogen and oxygen atoms in total. The number of carbonyl (C=O) groups is 1. The first-order chi connectivity index (χ1) is 12.0. The third-order valence-electron chi connectivity index (χ3n) is 4.89. The zero-order valence-corrected chi connectivity index (χ0v) is 15.4. The van der Waals surface area contributed by atoms with Crippen molar-refractivity contribution in [1.82, 2.24) is 9.62 Å². The lowest BCUT2D eigenvalue weighted by Crippen LogP contribution is -2.40. The number of aryl methyl sites for hydroxylation is 1. The summed E-state index contributed by atoms with van der Waals surface area (Å²) in [5.74, 6) is 0.707. The Balaban J connectivity index is 1.53. The van der Waals surface area contributed by atoms with Crippen molar-refractivity contribution in [3.63, 3.8) is 0 Å². The molecule has 0 spiro atoms. The van der Waals surface area contributed by atoms with Gasteiger partial charge in [0.1, 0.15) is 0 Å². The molecule has 2 aliphatic rings. The van der Waals surface area contributed by atoms with Crippen LogP contribution in [-0.2, 0) is 26.0 Å². The summed E-state index contributed by atoms with van der Waals surface area (Å²) in [6.45, 7) is 3.71. The first kappa shape index (κ1) is 18.4. The van der Waals surface area contributed by atoms with Gasteiger partial charge in [-0.15, -0.1) is 0 Å². The van der Waals surface area contributed by atoms with Crippen LogP contribution in [0.2, 0.25) is 0 Å². The number of morpholine rings is 1. The zero-order valence-electron chi connectivity index (χ0n) is 14.6. The number of carbonyl (C=O) groups excluding carboxylic acids is 1. The van der Waals surface area contributed by atoms with Crippen LogP contribution in [0.4, 0.5) is 0 Å². The first-order valence-corrected chi connectivity index (χ1v) is 10.4. The van der Waals surface area contributed by atoms with E-state index < -0.39 is 10.0 Å². The Bertz CT molecular complexity index is 692. The molecule has 2 fully saturated rings. The van der Waals surface area contributed by atoms with Crippen molar-refractivity contribution in [3.8, 4) is 0 Å². The summed E-state index contributed by atoms with van der Waals surface area (Å²) in [5.41, 5.74) is 0.968. The monoisotopic (exact) mass is 366 g/mol. The highest BCUT2D eigenvalue weighted by Gasteiger charge is 2.29. The van der Waals surface area contributed by atoms with Crippen molar-refractivity contribution in [2.45, 2.75) is 43.5 Å². The molecule has 1 atom stereocenters. The third kappa shape index (κ3) is 4.80. The average molecular weight is 366 g/mol. The fraction of sp³-hybridized carbons (Fsp3) is 0.611. The molecule has 1 heterocycles. The minimum Gasteiger partial charge on any atom is -0.379 e. The first-order valence-electron chi connectivity index (χ1n) is 8.93. The fourth-order valence-electron chi connectivity index (χ4n) is 3.06. The average Bonchev–Trinajstić information content (AvgIpc) is 3.46. The smallest absolute Gasteiger partial charge is 0.243 e. The van der Waals surface area contributed by atoms with Crippen molar-refractivity contribution in [2.24, 2.45) is 5.92 Å². The molecule has 1 amide bonds.